The Morgan fingerprint density at radius 1 is 1.00 bits per heavy atom. The summed E-state index contributed by atoms with van der Waals surface area (Å²) in [5, 5.41) is 3.45. The van der Waals surface area contributed by atoms with Crippen molar-refractivity contribution in [3.05, 3.63) is 12.2 Å². The molecule has 0 spiro atoms. The van der Waals surface area contributed by atoms with Gasteiger partial charge < -0.3 is 23.6 Å². The van der Waals surface area contributed by atoms with Crippen LogP contribution in [0.4, 0.5) is 0 Å². The van der Waals surface area contributed by atoms with Gasteiger partial charge in [0.2, 0.25) is 5.91 Å². The first kappa shape index (κ1) is 37.5. The highest BCUT2D eigenvalue weighted by molar-refractivity contribution is 6.74. The zero-order chi connectivity index (χ0) is 30.6. The van der Waals surface area contributed by atoms with Gasteiger partial charge in [-0.2, -0.15) is 0 Å². The van der Waals surface area contributed by atoms with Crippen LogP contribution >= 0.6 is 0 Å². The molecule has 1 heterocycles. The molecule has 4 unspecified atom stereocenters. The zero-order valence-electron chi connectivity index (χ0n) is 28.3. The van der Waals surface area contributed by atoms with Crippen molar-refractivity contribution in [1.82, 2.24) is 5.32 Å². The molecular weight excluding hydrogens is 535 g/mol. The molecule has 4 atom stereocenters. The first-order chi connectivity index (χ1) is 18.4. The lowest BCUT2D eigenvalue weighted by Gasteiger charge is -2.40. The molecule has 6 nitrogen and oxygen atoms in total. The van der Waals surface area contributed by atoms with E-state index in [1.807, 2.05) is 6.92 Å². The molecular formula is C32H65NO5Si2. The average Bonchev–Trinajstić information content (AvgIpc) is 2.85. The summed E-state index contributed by atoms with van der Waals surface area (Å²) in [6.45, 7) is 28.6. The third-order valence-electron chi connectivity index (χ3n) is 9.25. The Kier molecular flexibility index (Phi) is 15.9. The lowest BCUT2D eigenvalue weighted by Crippen LogP contribution is -2.48. The van der Waals surface area contributed by atoms with Crippen LogP contribution in [-0.2, 0) is 23.1 Å². The SMILES string of the molecule is C/C=C/CCCCC(O[Si](C)(C)C(C)(C)C)C(C)C(=O)NCCC(CO[Si](C)(C)C(C)(C)C)OC1CCCCO1. The molecule has 0 bridgehead atoms. The number of carbonyl (C=O) groups excluding carboxylic acids is 1. The summed E-state index contributed by atoms with van der Waals surface area (Å²) in [5.74, 6) is -0.143. The second-order valence-electron chi connectivity index (χ2n) is 14.8. The van der Waals surface area contributed by atoms with Crippen molar-refractivity contribution >= 4 is 22.5 Å². The van der Waals surface area contributed by atoms with Crippen LogP contribution in [0.25, 0.3) is 0 Å². The predicted molar refractivity (Wildman–Crippen MR) is 174 cm³/mol. The summed E-state index contributed by atoms with van der Waals surface area (Å²) in [5.41, 5.74) is 0. The molecule has 0 aromatic rings. The third-order valence-corrected chi connectivity index (χ3v) is 18.3. The predicted octanol–water partition coefficient (Wildman–Crippen LogP) is 8.59. The standard InChI is InChI=1S/C32H65NO5Si2/c1-13-14-15-16-17-20-28(38-40(11,12)32(6,7)8)26(2)30(34)33-23-22-27(37-29-21-18-19-24-35-29)25-36-39(9,10)31(3,4)5/h13-14,26-29H,15-25H2,1-12H3,(H,33,34)/b14-13+. The van der Waals surface area contributed by atoms with E-state index in [-0.39, 0.29) is 40.4 Å². The van der Waals surface area contributed by atoms with E-state index in [9.17, 15) is 4.79 Å². The van der Waals surface area contributed by atoms with Gasteiger partial charge in [-0.1, -0.05) is 67.0 Å². The van der Waals surface area contributed by atoms with Crippen LogP contribution in [-0.4, -0.2) is 60.8 Å². The molecule has 1 saturated heterocycles. The minimum atomic E-state index is -2.01. The molecule has 1 aliphatic heterocycles. The van der Waals surface area contributed by atoms with Crippen molar-refractivity contribution < 1.29 is 23.1 Å². The Labute approximate surface area is 250 Å². The number of amides is 1. The minimum absolute atomic E-state index is 0.0649. The van der Waals surface area contributed by atoms with Gasteiger partial charge in [-0.3, -0.25) is 4.79 Å². The summed E-state index contributed by atoms with van der Waals surface area (Å²) < 4.78 is 25.6. The first-order valence-electron chi connectivity index (χ1n) is 15.9. The molecule has 0 aliphatic carbocycles. The van der Waals surface area contributed by atoms with Crippen molar-refractivity contribution in [3.63, 3.8) is 0 Å². The number of nitrogens with one attached hydrogen (secondary N) is 1. The third kappa shape index (κ3) is 13.2. The molecule has 1 N–H and O–H groups in total. The number of hydrogen-bond donors (Lipinski definition) is 1. The largest absolute Gasteiger partial charge is 0.414 e. The van der Waals surface area contributed by atoms with Crippen LogP contribution in [0.3, 0.4) is 0 Å². The summed E-state index contributed by atoms with van der Waals surface area (Å²) in [6.07, 6.45) is 11.9. The number of allylic oxidation sites excluding steroid dienone is 2. The number of ether oxygens (including phenoxy) is 2. The van der Waals surface area contributed by atoms with Gasteiger partial charge in [0.25, 0.3) is 0 Å². The van der Waals surface area contributed by atoms with Crippen LogP contribution in [0.2, 0.25) is 36.3 Å². The lowest BCUT2D eigenvalue weighted by atomic mass is 9.98. The number of unbranched alkanes of at least 4 members (excludes halogenated alkanes) is 2. The quantitative estimate of drug-likeness (QED) is 0.103. The lowest BCUT2D eigenvalue weighted by molar-refractivity contribution is -0.194. The minimum Gasteiger partial charge on any atom is -0.414 e. The van der Waals surface area contributed by atoms with E-state index in [4.69, 9.17) is 18.3 Å². The maximum atomic E-state index is 13.4. The van der Waals surface area contributed by atoms with Gasteiger partial charge >= 0.3 is 0 Å². The maximum absolute atomic E-state index is 13.4. The van der Waals surface area contributed by atoms with Gasteiger partial charge in [-0.25, -0.2) is 0 Å². The number of carbonyl (C=O) groups is 1. The fraction of sp³-hybridized carbons (Fsp3) is 0.906. The summed E-state index contributed by atoms with van der Waals surface area (Å²) in [6, 6.07) is 0. The molecule has 0 aromatic carbocycles. The normalized spacial score (nSPS) is 19.9. The Morgan fingerprint density at radius 2 is 1.65 bits per heavy atom. The molecule has 8 heteroatoms. The van der Waals surface area contributed by atoms with E-state index in [0.717, 1.165) is 51.6 Å². The van der Waals surface area contributed by atoms with E-state index >= 15 is 0 Å². The van der Waals surface area contributed by atoms with Crippen LogP contribution in [0.5, 0.6) is 0 Å². The van der Waals surface area contributed by atoms with Crippen LogP contribution in [0.15, 0.2) is 12.2 Å². The Bertz CT molecular complexity index is 751. The highest BCUT2D eigenvalue weighted by Crippen LogP contribution is 2.39. The smallest absolute Gasteiger partial charge is 0.225 e. The topological polar surface area (TPSA) is 66.0 Å². The first-order valence-corrected chi connectivity index (χ1v) is 21.7. The van der Waals surface area contributed by atoms with E-state index in [0.29, 0.717) is 19.6 Å². The highest BCUT2D eigenvalue weighted by Gasteiger charge is 2.41. The van der Waals surface area contributed by atoms with Crippen molar-refractivity contribution in [2.75, 3.05) is 19.8 Å². The van der Waals surface area contributed by atoms with E-state index < -0.39 is 16.6 Å². The fourth-order valence-corrected chi connectivity index (χ4v) is 6.64. The summed E-state index contributed by atoms with van der Waals surface area (Å²) >= 11 is 0. The second kappa shape index (κ2) is 16.9. The number of hydrogen-bond acceptors (Lipinski definition) is 5. The van der Waals surface area contributed by atoms with E-state index in [2.05, 4.69) is 92.1 Å². The van der Waals surface area contributed by atoms with Crippen LogP contribution in [0.1, 0.15) is 107 Å². The Hall–Kier alpha value is -0.516. The van der Waals surface area contributed by atoms with Gasteiger partial charge in [-0.05, 0) is 88.1 Å². The molecule has 0 radical (unpaired) electrons. The fourth-order valence-electron chi connectivity index (χ4n) is 4.17. The van der Waals surface area contributed by atoms with Gasteiger partial charge in [0.05, 0.1) is 24.7 Å². The molecule has 1 fully saturated rings. The monoisotopic (exact) mass is 599 g/mol. The molecule has 1 rings (SSSR count). The molecule has 40 heavy (non-hydrogen) atoms. The van der Waals surface area contributed by atoms with Crippen molar-refractivity contribution in [2.45, 2.75) is 162 Å². The van der Waals surface area contributed by atoms with Crippen LogP contribution < -0.4 is 5.32 Å². The van der Waals surface area contributed by atoms with E-state index in [1.54, 1.807) is 0 Å². The molecule has 0 aromatic heterocycles. The van der Waals surface area contributed by atoms with Crippen molar-refractivity contribution in [2.24, 2.45) is 5.92 Å². The zero-order valence-corrected chi connectivity index (χ0v) is 30.3. The summed E-state index contributed by atoms with van der Waals surface area (Å²) in [4.78, 5) is 13.4. The highest BCUT2D eigenvalue weighted by atomic mass is 28.4. The Balaban J connectivity index is 2.82. The van der Waals surface area contributed by atoms with Crippen LogP contribution in [0, 0.1) is 5.92 Å². The maximum Gasteiger partial charge on any atom is 0.225 e. The van der Waals surface area contributed by atoms with Crippen molar-refractivity contribution in [3.8, 4) is 0 Å². The van der Waals surface area contributed by atoms with Gasteiger partial charge in [0.15, 0.2) is 22.9 Å². The van der Waals surface area contributed by atoms with Gasteiger partial charge in [0.1, 0.15) is 0 Å². The van der Waals surface area contributed by atoms with Crippen molar-refractivity contribution in [1.29, 1.82) is 0 Å². The molecule has 0 saturated carbocycles. The average molecular weight is 600 g/mol. The molecule has 1 aliphatic rings. The number of rotatable bonds is 17. The summed E-state index contributed by atoms with van der Waals surface area (Å²) in [7, 11) is -3.92. The molecule has 236 valence electrons. The molecule has 1 amide bonds. The van der Waals surface area contributed by atoms with E-state index in [1.165, 1.54) is 0 Å². The second-order valence-corrected chi connectivity index (χ2v) is 24.3. The van der Waals surface area contributed by atoms with Gasteiger partial charge in [0, 0.05) is 13.2 Å². The van der Waals surface area contributed by atoms with Gasteiger partial charge in [-0.15, -0.1) is 0 Å². The Morgan fingerprint density at radius 3 is 2.20 bits per heavy atom.